The second kappa shape index (κ2) is 8.72. The van der Waals surface area contributed by atoms with Crippen molar-refractivity contribution in [3.05, 3.63) is 35.4 Å². The van der Waals surface area contributed by atoms with Crippen LogP contribution in [-0.4, -0.2) is 90.5 Å². The number of fused-ring (bicyclic) bond motifs is 1. The van der Waals surface area contributed by atoms with Gasteiger partial charge in [-0.25, -0.2) is 0 Å². The van der Waals surface area contributed by atoms with Gasteiger partial charge in [-0.2, -0.15) is 0 Å². The second-order valence-corrected chi connectivity index (χ2v) is 8.30. The molecule has 0 radical (unpaired) electrons. The molecule has 0 spiro atoms. The Morgan fingerprint density at radius 2 is 1.78 bits per heavy atom. The van der Waals surface area contributed by atoms with Crippen molar-refractivity contribution < 1.29 is 4.79 Å². The topological polar surface area (TPSA) is 30.0 Å². The number of likely N-dealkylation sites (N-methyl/N-ethyl adjacent to an activating group) is 1. The zero-order chi connectivity index (χ0) is 18.6. The van der Waals surface area contributed by atoms with Gasteiger partial charge >= 0.3 is 0 Å². The summed E-state index contributed by atoms with van der Waals surface area (Å²) in [7, 11) is 0. The van der Waals surface area contributed by atoms with Gasteiger partial charge in [0.2, 0.25) is 5.91 Å². The van der Waals surface area contributed by atoms with Gasteiger partial charge in [0, 0.05) is 71.4 Å². The first kappa shape index (κ1) is 18.9. The summed E-state index contributed by atoms with van der Waals surface area (Å²) in [6, 6.07) is 9.30. The molecule has 0 bridgehead atoms. The molecule has 3 aliphatic heterocycles. The molecule has 27 heavy (non-hydrogen) atoms. The fourth-order valence-electron chi connectivity index (χ4n) is 4.87. The van der Waals surface area contributed by atoms with Crippen molar-refractivity contribution in [2.75, 3.05) is 58.9 Å². The van der Waals surface area contributed by atoms with Crippen LogP contribution in [0.25, 0.3) is 0 Å². The average molecular weight is 371 g/mol. The molecule has 3 aliphatic rings. The maximum absolute atomic E-state index is 12.7. The number of carbonyl (C=O) groups is 1. The third-order valence-electron chi connectivity index (χ3n) is 6.74. The fraction of sp³-hybridized carbons (Fsp3) is 0.682. The summed E-state index contributed by atoms with van der Waals surface area (Å²) in [5.74, 6) is 0.351. The van der Waals surface area contributed by atoms with Crippen LogP contribution in [0, 0.1) is 0 Å². The summed E-state index contributed by atoms with van der Waals surface area (Å²) in [4.78, 5) is 22.4. The number of carbonyl (C=O) groups excluding carboxylic acids is 1. The molecule has 0 saturated carbocycles. The van der Waals surface area contributed by atoms with E-state index < -0.39 is 0 Å². The molecule has 2 fully saturated rings. The van der Waals surface area contributed by atoms with Crippen molar-refractivity contribution in [3.8, 4) is 0 Å². The van der Waals surface area contributed by atoms with Gasteiger partial charge < -0.3 is 9.80 Å². The average Bonchev–Trinajstić information content (AvgIpc) is 3.22. The highest BCUT2D eigenvalue weighted by molar-refractivity contribution is 5.76. The molecule has 4 rings (SSSR count). The zero-order valence-electron chi connectivity index (χ0n) is 16.8. The molecule has 1 amide bonds. The van der Waals surface area contributed by atoms with Gasteiger partial charge in [0.25, 0.3) is 0 Å². The summed E-state index contributed by atoms with van der Waals surface area (Å²) >= 11 is 0. The molecule has 148 valence electrons. The Kier molecular flexibility index (Phi) is 6.11. The quantitative estimate of drug-likeness (QED) is 0.789. The first-order valence-corrected chi connectivity index (χ1v) is 10.8. The lowest BCUT2D eigenvalue weighted by Crippen LogP contribution is -2.51. The third-order valence-corrected chi connectivity index (χ3v) is 6.74. The maximum Gasteiger partial charge on any atom is 0.223 e. The Bertz CT molecular complexity index is 641. The predicted octanol–water partition coefficient (Wildman–Crippen LogP) is 1.67. The van der Waals surface area contributed by atoms with E-state index in [1.165, 1.54) is 24.2 Å². The highest BCUT2D eigenvalue weighted by Gasteiger charge is 2.31. The number of likely N-dealkylation sites (tertiary alicyclic amines) is 1. The first-order valence-electron chi connectivity index (χ1n) is 10.8. The fourth-order valence-corrected chi connectivity index (χ4v) is 4.87. The monoisotopic (exact) mass is 370 g/mol. The van der Waals surface area contributed by atoms with Crippen LogP contribution in [0.4, 0.5) is 0 Å². The second-order valence-electron chi connectivity index (χ2n) is 8.30. The summed E-state index contributed by atoms with van der Waals surface area (Å²) in [5.41, 5.74) is 2.91. The number of amides is 1. The molecule has 1 atom stereocenters. The Labute approximate surface area is 163 Å². The lowest BCUT2D eigenvalue weighted by molar-refractivity contribution is -0.130. The minimum Gasteiger partial charge on any atom is -0.341 e. The number of rotatable bonds is 5. The molecule has 1 aromatic carbocycles. The van der Waals surface area contributed by atoms with Gasteiger partial charge in [-0.15, -0.1) is 0 Å². The van der Waals surface area contributed by atoms with Gasteiger partial charge in [0.05, 0.1) is 0 Å². The molecular weight excluding hydrogens is 336 g/mol. The van der Waals surface area contributed by atoms with Crippen LogP contribution in [0.15, 0.2) is 24.3 Å². The Morgan fingerprint density at radius 3 is 2.56 bits per heavy atom. The van der Waals surface area contributed by atoms with Crippen LogP contribution < -0.4 is 0 Å². The van der Waals surface area contributed by atoms with Crippen LogP contribution in [0.2, 0.25) is 0 Å². The number of benzene rings is 1. The summed E-state index contributed by atoms with van der Waals surface area (Å²) in [6.07, 6.45) is 2.92. The van der Waals surface area contributed by atoms with Crippen LogP contribution >= 0.6 is 0 Å². The van der Waals surface area contributed by atoms with Crippen molar-refractivity contribution in [3.63, 3.8) is 0 Å². The van der Waals surface area contributed by atoms with Crippen LogP contribution in [0.1, 0.15) is 30.9 Å². The molecule has 0 N–H and O–H groups in total. The van der Waals surface area contributed by atoms with Crippen molar-refractivity contribution in [1.82, 2.24) is 19.6 Å². The van der Waals surface area contributed by atoms with Gasteiger partial charge in [-0.1, -0.05) is 31.2 Å². The number of nitrogens with zero attached hydrogens (tertiary/aromatic N) is 4. The maximum atomic E-state index is 12.7. The first-order chi connectivity index (χ1) is 13.2. The van der Waals surface area contributed by atoms with Crippen LogP contribution in [0.5, 0.6) is 0 Å². The smallest absolute Gasteiger partial charge is 0.223 e. The lowest BCUT2D eigenvalue weighted by atomic mass is 10.00. The van der Waals surface area contributed by atoms with E-state index in [1.807, 2.05) is 0 Å². The predicted molar refractivity (Wildman–Crippen MR) is 109 cm³/mol. The van der Waals surface area contributed by atoms with E-state index in [2.05, 4.69) is 50.8 Å². The molecule has 1 aromatic rings. The summed E-state index contributed by atoms with van der Waals surface area (Å²) in [5, 5.41) is 0. The Balaban J connectivity index is 1.21. The third kappa shape index (κ3) is 4.53. The van der Waals surface area contributed by atoms with Gasteiger partial charge in [0.1, 0.15) is 0 Å². The molecule has 2 saturated heterocycles. The van der Waals surface area contributed by atoms with E-state index in [9.17, 15) is 4.79 Å². The van der Waals surface area contributed by atoms with E-state index in [1.54, 1.807) is 0 Å². The number of hydrogen-bond acceptors (Lipinski definition) is 4. The Hall–Kier alpha value is -1.43. The molecule has 5 nitrogen and oxygen atoms in total. The normalized spacial score (nSPS) is 24.9. The standard InChI is InChI=1S/C22H34N4O/c1-2-23-13-15-25(16-14-23)21-8-12-26(18-21)22(27)9-11-24-10-7-19-5-3-4-6-20(19)17-24/h3-6,21H,2,7-18H2,1H3. The van der Waals surface area contributed by atoms with E-state index in [-0.39, 0.29) is 0 Å². The SMILES string of the molecule is CCN1CCN(C2CCN(C(=O)CCN3CCc4ccccc4C3)C2)CC1. The van der Waals surface area contributed by atoms with Gasteiger partial charge in [-0.05, 0) is 30.5 Å². The van der Waals surface area contributed by atoms with Crippen LogP contribution in [-0.2, 0) is 17.8 Å². The molecule has 5 heteroatoms. The molecular formula is C22H34N4O. The van der Waals surface area contributed by atoms with E-state index in [0.717, 1.165) is 65.2 Å². The molecule has 1 unspecified atom stereocenters. The summed E-state index contributed by atoms with van der Waals surface area (Å²) in [6.45, 7) is 12.9. The lowest BCUT2D eigenvalue weighted by Gasteiger charge is -2.37. The van der Waals surface area contributed by atoms with Crippen molar-refractivity contribution >= 4 is 5.91 Å². The molecule has 0 aromatic heterocycles. The number of piperazine rings is 1. The summed E-state index contributed by atoms with van der Waals surface area (Å²) < 4.78 is 0. The van der Waals surface area contributed by atoms with Crippen molar-refractivity contribution in [2.24, 2.45) is 0 Å². The molecule has 0 aliphatic carbocycles. The largest absolute Gasteiger partial charge is 0.341 e. The van der Waals surface area contributed by atoms with E-state index in [4.69, 9.17) is 0 Å². The van der Waals surface area contributed by atoms with Gasteiger partial charge in [0.15, 0.2) is 0 Å². The molecule has 3 heterocycles. The Morgan fingerprint density at radius 1 is 1.00 bits per heavy atom. The van der Waals surface area contributed by atoms with E-state index >= 15 is 0 Å². The van der Waals surface area contributed by atoms with Crippen molar-refractivity contribution in [2.45, 2.75) is 38.8 Å². The van der Waals surface area contributed by atoms with Gasteiger partial charge in [-0.3, -0.25) is 14.6 Å². The highest BCUT2D eigenvalue weighted by Crippen LogP contribution is 2.20. The van der Waals surface area contributed by atoms with Crippen LogP contribution in [0.3, 0.4) is 0 Å². The minimum atomic E-state index is 0.351. The zero-order valence-corrected chi connectivity index (χ0v) is 16.8. The minimum absolute atomic E-state index is 0.351. The number of hydrogen-bond donors (Lipinski definition) is 0. The highest BCUT2D eigenvalue weighted by atomic mass is 16.2. The van der Waals surface area contributed by atoms with Crippen molar-refractivity contribution in [1.29, 1.82) is 0 Å². The van der Waals surface area contributed by atoms with E-state index in [0.29, 0.717) is 18.4 Å².